The molecule has 0 aromatic heterocycles. The molecule has 1 N–H and O–H groups in total. The third kappa shape index (κ3) is 3.48. The quantitative estimate of drug-likeness (QED) is 0.879. The second-order valence-electron chi connectivity index (χ2n) is 6.60. The van der Waals surface area contributed by atoms with Crippen molar-refractivity contribution < 1.29 is 13.2 Å². The Hall–Kier alpha value is -1.44. The van der Waals surface area contributed by atoms with E-state index >= 15 is 0 Å². The first-order chi connectivity index (χ1) is 11.5. The van der Waals surface area contributed by atoms with E-state index in [1.807, 2.05) is 11.8 Å². The molecule has 2 aliphatic heterocycles. The summed E-state index contributed by atoms with van der Waals surface area (Å²) in [7, 11) is -3.52. The predicted molar refractivity (Wildman–Crippen MR) is 92.0 cm³/mol. The molecule has 0 aliphatic carbocycles. The van der Waals surface area contributed by atoms with Gasteiger partial charge in [-0.05, 0) is 31.9 Å². The van der Waals surface area contributed by atoms with E-state index in [0.717, 1.165) is 25.9 Å². The van der Waals surface area contributed by atoms with Gasteiger partial charge in [-0.2, -0.15) is 4.31 Å². The number of nitrogens with zero attached hydrogens (tertiary/aromatic N) is 2. The van der Waals surface area contributed by atoms with Crippen molar-refractivity contribution in [1.82, 2.24) is 14.5 Å². The zero-order chi connectivity index (χ0) is 17.2. The summed E-state index contributed by atoms with van der Waals surface area (Å²) in [6, 6.07) is 8.63. The summed E-state index contributed by atoms with van der Waals surface area (Å²) in [5.41, 5.74) is 0. The lowest BCUT2D eigenvalue weighted by Gasteiger charge is -2.39. The molecule has 2 saturated heterocycles. The van der Waals surface area contributed by atoms with E-state index in [2.05, 4.69) is 5.32 Å². The minimum absolute atomic E-state index is 0.0944. The number of hydrogen-bond acceptors (Lipinski definition) is 4. The van der Waals surface area contributed by atoms with Crippen molar-refractivity contribution in [2.75, 3.05) is 32.7 Å². The first-order valence-electron chi connectivity index (χ1n) is 8.56. The number of nitrogens with one attached hydrogen (secondary N) is 1. The van der Waals surface area contributed by atoms with Crippen molar-refractivity contribution in [2.24, 2.45) is 5.92 Å². The predicted octanol–water partition coefficient (Wildman–Crippen LogP) is 0.908. The maximum absolute atomic E-state index is 12.8. The SMILES string of the molecule is C[C@H]1CNCCN1C(=O)C1CCCN(S(=O)(=O)c2ccccc2)C1. The fourth-order valence-corrected chi connectivity index (χ4v) is 5.05. The molecule has 3 rings (SSSR count). The Balaban J connectivity index is 1.73. The van der Waals surface area contributed by atoms with Crippen LogP contribution in [0.3, 0.4) is 0 Å². The van der Waals surface area contributed by atoms with Gasteiger partial charge < -0.3 is 10.2 Å². The molecule has 2 aliphatic rings. The lowest BCUT2D eigenvalue weighted by atomic mass is 9.97. The maximum Gasteiger partial charge on any atom is 0.243 e. The molecule has 132 valence electrons. The third-order valence-electron chi connectivity index (χ3n) is 4.90. The molecule has 1 amide bonds. The number of carbonyl (C=O) groups is 1. The number of benzene rings is 1. The highest BCUT2D eigenvalue weighted by Crippen LogP contribution is 2.25. The van der Waals surface area contributed by atoms with Gasteiger partial charge in [0.1, 0.15) is 0 Å². The van der Waals surface area contributed by atoms with Crippen LogP contribution >= 0.6 is 0 Å². The largest absolute Gasteiger partial charge is 0.337 e. The Labute approximate surface area is 143 Å². The van der Waals surface area contributed by atoms with E-state index in [0.29, 0.717) is 18.0 Å². The normalized spacial score (nSPS) is 26.3. The fourth-order valence-electron chi connectivity index (χ4n) is 3.51. The van der Waals surface area contributed by atoms with Crippen LogP contribution in [0.2, 0.25) is 0 Å². The molecule has 0 bridgehead atoms. The molecule has 1 aromatic rings. The number of amides is 1. The zero-order valence-electron chi connectivity index (χ0n) is 14.0. The van der Waals surface area contributed by atoms with E-state index in [1.54, 1.807) is 30.3 Å². The topological polar surface area (TPSA) is 69.7 Å². The van der Waals surface area contributed by atoms with Gasteiger partial charge >= 0.3 is 0 Å². The summed E-state index contributed by atoms with van der Waals surface area (Å²) >= 11 is 0. The van der Waals surface area contributed by atoms with Crippen LogP contribution in [0.25, 0.3) is 0 Å². The summed E-state index contributed by atoms with van der Waals surface area (Å²) in [5.74, 6) is -0.144. The molecule has 0 radical (unpaired) electrons. The van der Waals surface area contributed by atoms with Crippen molar-refractivity contribution in [3.05, 3.63) is 30.3 Å². The molecule has 0 saturated carbocycles. The summed E-state index contributed by atoms with van der Waals surface area (Å²) in [6.07, 6.45) is 1.49. The molecule has 2 atom stereocenters. The van der Waals surface area contributed by atoms with Gasteiger partial charge in [0, 0.05) is 38.8 Å². The number of sulfonamides is 1. The van der Waals surface area contributed by atoms with E-state index < -0.39 is 10.0 Å². The van der Waals surface area contributed by atoms with E-state index in [4.69, 9.17) is 0 Å². The summed E-state index contributed by atoms with van der Waals surface area (Å²) in [6.45, 7) is 5.09. The van der Waals surface area contributed by atoms with Gasteiger partial charge in [-0.1, -0.05) is 18.2 Å². The highest BCUT2D eigenvalue weighted by molar-refractivity contribution is 7.89. The Morgan fingerprint density at radius 1 is 1.21 bits per heavy atom. The second kappa shape index (κ2) is 7.21. The number of piperazine rings is 1. The monoisotopic (exact) mass is 351 g/mol. The molecule has 2 heterocycles. The smallest absolute Gasteiger partial charge is 0.243 e. The molecule has 2 fully saturated rings. The van der Waals surface area contributed by atoms with Crippen LogP contribution in [0.15, 0.2) is 35.2 Å². The van der Waals surface area contributed by atoms with Gasteiger partial charge in [-0.15, -0.1) is 0 Å². The molecule has 1 aromatic carbocycles. The Morgan fingerprint density at radius 3 is 2.67 bits per heavy atom. The summed E-state index contributed by atoms with van der Waals surface area (Å²) in [4.78, 5) is 15.1. The maximum atomic E-state index is 12.8. The second-order valence-corrected chi connectivity index (χ2v) is 8.54. The average molecular weight is 351 g/mol. The van der Waals surface area contributed by atoms with Crippen LogP contribution in [0.1, 0.15) is 19.8 Å². The fraction of sp³-hybridized carbons (Fsp3) is 0.588. The Morgan fingerprint density at radius 2 is 1.96 bits per heavy atom. The van der Waals surface area contributed by atoms with Crippen molar-refractivity contribution >= 4 is 15.9 Å². The molecule has 1 unspecified atom stereocenters. The van der Waals surface area contributed by atoms with Gasteiger partial charge in [0.05, 0.1) is 10.8 Å². The number of hydrogen-bond donors (Lipinski definition) is 1. The van der Waals surface area contributed by atoms with Crippen molar-refractivity contribution in [3.8, 4) is 0 Å². The van der Waals surface area contributed by atoms with Crippen LogP contribution in [-0.2, 0) is 14.8 Å². The molecular weight excluding hydrogens is 326 g/mol. The van der Waals surface area contributed by atoms with Crippen LogP contribution in [0, 0.1) is 5.92 Å². The summed E-state index contributed by atoms with van der Waals surface area (Å²) in [5, 5.41) is 3.28. The summed E-state index contributed by atoms with van der Waals surface area (Å²) < 4.78 is 27.0. The van der Waals surface area contributed by atoms with E-state index in [9.17, 15) is 13.2 Å². The third-order valence-corrected chi connectivity index (χ3v) is 6.78. The molecular formula is C17H25N3O3S. The minimum Gasteiger partial charge on any atom is -0.337 e. The van der Waals surface area contributed by atoms with Crippen molar-refractivity contribution in [3.63, 3.8) is 0 Å². The van der Waals surface area contributed by atoms with Gasteiger partial charge in [0.25, 0.3) is 0 Å². The van der Waals surface area contributed by atoms with Gasteiger partial charge in [0.2, 0.25) is 15.9 Å². The first-order valence-corrected chi connectivity index (χ1v) is 10.0. The van der Waals surface area contributed by atoms with Crippen LogP contribution in [-0.4, -0.2) is 62.3 Å². The number of rotatable bonds is 3. The molecule has 0 spiro atoms. The highest BCUT2D eigenvalue weighted by atomic mass is 32.2. The van der Waals surface area contributed by atoms with E-state index in [-0.39, 0.29) is 24.4 Å². The standard InChI is InChI=1S/C17H25N3O3S/c1-14-12-18-9-11-20(14)17(21)15-6-5-10-19(13-15)24(22,23)16-7-3-2-4-8-16/h2-4,7-8,14-15,18H,5-6,9-13H2,1H3/t14-,15?/m0/s1. The lowest BCUT2D eigenvalue weighted by Crippen LogP contribution is -2.55. The highest BCUT2D eigenvalue weighted by Gasteiger charge is 2.36. The minimum atomic E-state index is -3.52. The Kier molecular flexibility index (Phi) is 5.22. The Bertz CT molecular complexity index is 678. The first kappa shape index (κ1) is 17.4. The number of carbonyl (C=O) groups excluding carboxylic acids is 1. The average Bonchev–Trinajstić information content (AvgIpc) is 2.62. The molecule has 24 heavy (non-hydrogen) atoms. The van der Waals surface area contributed by atoms with Crippen LogP contribution in [0.5, 0.6) is 0 Å². The van der Waals surface area contributed by atoms with Gasteiger partial charge in [-0.25, -0.2) is 8.42 Å². The van der Waals surface area contributed by atoms with Gasteiger partial charge in [0.15, 0.2) is 0 Å². The van der Waals surface area contributed by atoms with E-state index in [1.165, 1.54) is 4.31 Å². The number of piperidine rings is 1. The lowest BCUT2D eigenvalue weighted by molar-refractivity contribution is -0.139. The van der Waals surface area contributed by atoms with Crippen molar-refractivity contribution in [1.29, 1.82) is 0 Å². The van der Waals surface area contributed by atoms with Gasteiger partial charge in [-0.3, -0.25) is 4.79 Å². The molecule has 7 heteroatoms. The van der Waals surface area contributed by atoms with Crippen LogP contribution in [0.4, 0.5) is 0 Å². The molecule has 6 nitrogen and oxygen atoms in total. The zero-order valence-corrected chi connectivity index (χ0v) is 14.8. The van der Waals surface area contributed by atoms with Crippen molar-refractivity contribution in [2.45, 2.75) is 30.7 Å². The van der Waals surface area contributed by atoms with Crippen LogP contribution < -0.4 is 5.32 Å².